The number of nitrogens with zero attached hydrogens (tertiary/aromatic N) is 5. The highest BCUT2D eigenvalue weighted by Crippen LogP contribution is 2.41. The van der Waals surface area contributed by atoms with Gasteiger partial charge in [0.2, 0.25) is 0 Å². The van der Waals surface area contributed by atoms with Gasteiger partial charge in [0.25, 0.3) is 0 Å². The number of anilines is 2. The van der Waals surface area contributed by atoms with Crippen molar-refractivity contribution in [2.24, 2.45) is 7.05 Å². The molecule has 37 heavy (non-hydrogen) atoms. The first-order valence-electron chi connectivity index (χ1n) is 12.0. The van der Waals surface area contributed by atoms with E-state index in [1.165, 1.54) is 29.2 Å². The molecule has 2 amide bonds. The van der Waals surface area contributed by atoms with Gasteiger partial charge in [-0.05, 0) is 43.5 Å². The van der Waals surface area contributed by atoms with Crippen LogP contribution < -0.4 is 9.80 Å². The zero-order chi connectivity index (χ0) is 26.5. The average molecular weight is 536 g/mol. The van der Waals surface area contributed by atoms with Crippen molar-refractivity contribution in [3.63, 3.8) is 0 Å². The third-order valence-corrected chi connectivity index (χ3v) is 7.48. The van der Waals surface area contributed by atoms with E-state index in [2.05, 4.69) is 5.10 Å². The number of urea groups is 1. The van der Waals surface area contributed by atoms with Gasteiger partial charge in [0.1, 0.15) is 5.82 Å². The van der Waals surface area contributed by atoms with Gasteiger partial charge in [0.05, 0.1) is 28.9 Å². The molecule has 1 aromatic heterocycles. The maximum Gasteiger partial charge on any atom is 0.416 e. The number of fused-ring (bicyclic) bond motifs is 1. The molecule has 0 N–H and O–H groups in total. The van der Waals surface area contributed by atoms with Crippen LogP contribution in [0.3, 0.4) is 0 Å². The Bertz CT molecular complexity index is 1300. The minimum Gasteiger partial charge on any atom is -0.368 e. The fourth-order valence-electron chi connectivity index (χ4n) is 5.42. The standard InChI is InChI=1S/C26H26ClF4N5O/c1-16-19-15-33(2)32-24(19)35(14-17-6-3-4-7-20(17)26(29,30)31)25(37)36(16)18-10-12-34(13-11-18)23-21(27)8-5-9-22(23)28/h3-9,15-16,18H,10-14H2,1-2H3/t16-/m0/s1. The maximum absolute atomic E-state index is 14.5. The summed E-state index contributed by atoms with van der Waals surface area (Å²) in [5, 5.41) is 4.75. The van der Waals surface area contributed by atoms with Crippen molar-refractivity contribution in [1.29, 1.82) is 0 Å². The molecule has 1 fully saturated rings. The van der Waals surface area contributed by atoms with Crippen molar-refractivity contribution in [1.82, 2.24) is 14.7 Å². The molecule has 0 unspecified atom stereocenters. The normalized spacial score (nSPS) is 18.9. The molecular formula is C26H26ClF4N5O. The molecule has 0 saturated carbocycles. The molecular weight excluding hydrogens is 510 g/mol. The van der Waals surface area contributed by atoms with Gasteiger partial charge in [0.15, 0.2) is 5.82 Å². The van der Waals surface area contributed by atoms with Gasteiger partial charge in [-0.25, -0.2) is 9.18 Å². The fourth-order valence-corrected chi connectivity index (χ4v) is 5.71. The molecule has 3 heterocycles. The molecule has 2 aliphatic heterocycles. The van der Waals surface area contributed by atoms with E-state index in [9.17, 15) is 22.4 Å². The van der Waals surface area contributed by atoms with E-state index < -0.39 is 23.6 Å². The number of benzene rings is 2. The molecule has 0 spiro atoms. The Hall–Kier alpha value is -3.27. The van der Waals surface area contributed by atoms with Crippen LogP contribution in [0.1, 0.15) is 42.5 Å². The Morgan fingerprint density at radius 1 is 1.08 bits per heavy atom. The first-order chi connectivity index (χ1) is 17.6. The number of hydrogen-bond donors (Lipinski definition) is 0. The summed E-state index contributed by atoms with van der Waals surface area (Å²) in [6, 6.07) is 8.94. The summed E-state index contributed by atoms with van der Waals surface area (Å²) in [7, 11) is 1.72. The maximum atomic E-state index is 14.5. The van der Waals surface area contributed by atoms with Gasteiger partial charge in [-0.1, -0.05) is 35.9 Å². The van der Waals surface area contributed by atoms with E-state index in [1.807, 2.05) is 11.8 Å². The number of hydrogen-bond acceptors (Lipinski definition) is 3. The van der Waals surface area contributed by atoms with Crippen molar-refractivity contribution >= 4 is 29.1 Å². The van der Waals surface area contributed by atoms with Crippen LogP contribution in [0.2, 0.25) is 5.02 Å². The number of piperidine rings is 1. The Kier molecular flexibility index (Phi) is 6.55. The highest BCUT2D eigenvalue weighted by Gasteiger charge is 2.43. The number of amides is 2. The van der Waals surface area contributed by atoms with E-state index in [4.69, 9.17) is 11.6 Å². The highest BCUT2D eigenvalue weighted by molar-refractivity contribution is 6.33. The molecule has 0 bridgehead atoms. The first-order valence-corrected chi connectivity index (χ1v) is 12.4. The Balaban J connectivity index is 1.43. The van der Waals surface area contributed by atoms with Crippen molar-refractivity contribution in [2.45, 2.75) is 44.6 Å². The number of carbonyl (C=O) groups excluding carboxylic acids is 1. The van der Waals surface area contributed by atoms with Crippen LogP contribution in [0, 0.1) is 5.82 Å². The van der Waals surface area contributed by atoms with Crippen LogP contribution in [-0.4, -0.2) is 39.8 Å². The van der Waals surface area contributed by atoms with Crippen molar-refractivity contribution in [2.75, 3.05) is 22.9 Å². The van der Waals surface area contributed by atoms with Crippen molar-refractivity contribution < 1.29 is 22.4 Å². The van der Waals surface area contributed by atoms with Crippen LogP contribution in [-0.2, 0) is 19.8 Å². The molecule has 2 aromatic carbocycles. The van der Waals surface area contributed by atoms with Crippen molar-refractivity contribution in [3.8, 4) is 0 Å². The minimum absolute atomic E-state index is 0.00142. The number of aryl methyl sites for hydroxylation is 1. The second kappa shape index (κ2) is 9.55. The largest absolute Gasteiger partial charge is 0.416 e. The van der Waals surface area contributed by atoms with Crippen LogP contribution in [0.4, 0.5) is 33.9 Å². The van der Waals surface area contributed by atoms with Gasteiger partial charge in [-0.15, -0.1) is 0 Å². The smallest absolute Gasteiger partial charge is 0.368 e. The molecule has 11 heteroatoms. The zero-order valence-corrected chi connectivity index (χ0v) is 21.1. The molecule has 6 nitrogen and oxygen atoms in total. The third-order valence-electron chi connectivity index (χ3n) is 7.17. The Morgan fingerprint density at radius 2 is 1.78 bits per heavy atom. The van der Waals surface area contributed by atoms with Crippen LogP contribution >= 0.6 is 11.6 Å². The van der Waals surface area contributed by atoms with Gasteiger partial charge >= 0.3 is 12.2 Å². The lowest BCUT2D eigenvalue weighted by atomic mass is 9.97. The van der Waals surface area contributed by atoms with Gasteiger partial charge < -0.3 is 9.80 Å². The summed E-state index contributed by atoms with van der Waals surface area (Å²) in [5.74, 6) is -0.0355. The van der Waals surface area contributed by atoms with Gasteiger partial charge in [0, 0.05) is 37.9 Å². The SMILES string of the molecule is C[C@H]1c2cn(C)nc2N(Cc2ccccc2C(F)(F)F)C(=O)N1C1CCN(c2c(F)cccc2Cl)CC1. The average Bonchev–Trinajstić information content (AvgIpc) is 3.24. The zero-order valence-electron chi connectivity index (χ0n) is 20.3. The van der Waals surface area contributed by atoms with Gasteiger partial charge in [-0.2, -0.15) is 18.3 Å². The number of alkyl halides is 3. The van der Waals surface area contributed by atoms with Crippen LogP contribution in [0.15, 0.2) is 48.7 Å². The first kappa shape index (κ1) is 25.4. The lowest BCUT2D eigenvalue weighted by Crippen LogP contribution is -2.55. The summed E-state index contributed by atoms with van der Waals surface area (Å²) in [6.07, 6.45) is -1.63. The van der Waals surface area contributed by atoms with E-state index in [0.717, 1.165) is 11.6 Å². The number of rotatable bonds is 4. The molecule has 3 aromatic rings. The number of carbonyl (C=O) groups is 1. The predicted octanol–water partition coefficient (Wildman–Crippen LogP) is 6.40. The summed E-state index contributed by atoms with van der Waals surface area (Å²) in [5.41, 5.74) is 0.339. The Morgan fingerprint density at radius 3 is 2.46 bits per heavy atom. The second-order valence-corrected chi connectivity index (χ2v) is 9.88. The second-order valence-electron chi connectivity index (χ2n) is 9.48. The summed E-state index contributed by atoms with van der Waals surface area (Å²) in [6.45, 7) is 2.61. The summed E-state index contributed by atoms with van der Waals surface area (Å²) in [4.78, 5) is 18.8. The third kappa shape index (κ3) is 4.63. The molecule has 196 valence electrons. The number of aromatic nitrogens is 2. The molecule has 0 aliphatic carbocycles. The lowest BCUT2D eigenvalue weighted by molar-refractivity contribution is -0.138. The number of halogens is 5. The Labute approximate surface area is 217 Å². The molecule has 0 radical (unpaired) electrons. The molecule has 5 rings (SSSR count). The number of para-hydroxylation sites is 1. The minimum atomic E-state index is -4.55. The van der Waals surface area contributed by atoms with E-state index in [0.29, 0.717) is 42.5 Å². The van der Waals surface area contributed by atoms with Crippen molar-refractivity contribution in [3.05, 3.63) is 76.2 Å². The quantitative estimate of drug-likeness (QED) is 0.363. The summed E-state index contributed by atoms with van der Waals surface area (Å²) >= 11 is 6.25. The summed E-state index contributed by atoms with van der Waals surface area (Å²) < 4.78 is 57.1. The van der Waals surface area contributed by atoms with Crippen LogP contribution in [0.25, 0.3) is 0 Å². The van der Waals surface area contributed by atoms with Gasteiger partial charge in [-0.3, -0.25) is 9.58 Å². The highest BCUT2D eigenvalue weighted by atomic mass is 35.5. The topological polar surface area (TPSA) is 44.6 Å². The van der Waals surface area contributed by atoms with E-state index in [1.54, 1.807) is 35.0 Å². The molecule has 1 saturated heterocycles. The molecule has 1 atom stereocenters. The lowest BCUT2D eigenvalue weighted by Gasteiger charge is -2.46. The predicted molar refractivity (Wildman–Crippen MR) is 133 cm³/mol. The fraction of sp³-hybridized carbons (Fsp3) is 0.385. The van der Waals surface area contributed by atoms with E-state index >= 15 is 0 Å². The monoisotopic (exact) mass is 535 g/mol. The van der Waals surface area contributed by atoms with E-state index in [-0.39, 0.29) is 24.2 Å². The van der Waals surface area contributed by atoms with Crippen LogP contribution in [0.5, 0.6) is 0 Å². The molecule has 2 aliphatic rings.